The Hall–Kier alpha value is -3.65. The molecule has 2 N–H and O–H groups in total. The number of aliphatic imine (C=N–C) groups is 1. The maximum absolute atomic E-state index is 14.8. The number of fused-ring (bicyclic) bond motifs is 1. The molecule has 3 heterocycles. The van der Waals surface area contributed by atoms with Crippen molar-refractivity contribution in [2.75, 3.05) is 49.6 Å². The van der Waals surface area contributed by atoms with E-state index in [-0.39, 0.29) is 17.3 Å². The van der Waals surface area contributed by atoms with Crippen LogP contribution in [0.4, 0.5) is 21.5 Å². The lowest BCUT2D eigenvalue weighted by Crippen LogP contribution is -2.44. The van der Waals surface area contributed by atoms with Gasteiger partial charge in [-0.05, 0) is 43.8 Å². The van der Waals surface area contributed by atoms with E-state index in [4.69, 9.17) is 0 Å². The highest BCUT2D eigenvalue weighted by molar-refractivity contribution is 6.03. The van der Waals surface area contributed by atoms with Crippen molar-refractivity contribution in [3.63, 3.8) is 0 Å². The molecular weight excluding hydrogens is 421 g/mol. The maximum Gasteiger partial charge on any atom is 0.258 e. The number of anilines is 2. The second-order valence-corrected chi connectivity index (χ2v) is 8.50. The Kier molecular flexibility index (Phi) is 5.60. The van der Waals surface area contributed by atoms with Crippen molar-refractivity contribution in [2.24, 2.45) is 4.99 Å². The minimum atomic E-state index is -0.370. The molecule has 1 aromatic heterocycles. The molecule has 0 saturated carbocycles. The van der Waals surface area contributed by atoms with E-state index in [1.165, 1.54) is 12.3 Å². The molecule has 0 spiro atoms. The molecule has 5 rings (SSSR count). The van der Waals surface area contributed by atoms with Crippen molar-refractivity contribution in [3.8, 4) is 5.88 Å². The summed E-state index contributed by atoms with van der Waals surface area (Å²) in [6.45, 7) is 4.22. The third-order valence-corrected chi connectivity index (χ3v) is 6.30. The molecule has 0 amide bonds. The highest BCUT2D eigenvalue weighted by Crippen LogP contribution is 2.29. The van der Waals surface area contributed by atoms with Crippen molar-refractivity contribution >= 4 is 34.0 Å². The highest BCUT2D eigenvalue weighted by Gasteiger charge is 2.18. The van der Waals surface area contributed by atoms with Gasteiger partial charge in [-0.15, -0.1) is 0 Å². The second kappa shape index (κ2) is 8.71. The molecule has 33 heavy (non-hydrogen) atoms. The Morgan fingerprint density at radius 2 is 1.88 bits per heavy atom. The van der Waals surface area contributed by atoms with Gasteiger partial charge in [0, 0.05) is 67.7 Å². The molecule has 3 aromatic rings. The Morgan fingerprint density at radius 1 is 1.06 bits per heavy atom. The quantitative estimate of drug-likeness (QED) is 0.598. The number of benzene rings is 2. The number of nitrogens with one attached hydrogen (secondary N) is 1. The van der Waals surface area contributed by atoms with Gasteiger partial charge in [-0.1, -0.05) is 6.08 Å². The number of rotatable bonds is 4. The van der Waals surface area contributed by atoms with Crippen LogP contribution in [-0.4, -0.2) is 61.0 Å². The van der Waals surface area contributed by atoms with Gasteiger partial charge in [0.1, 0.15) is 5.82 Å². The van der Waals surface area contributed by atoms with Crippen molar-refractivity contribution in [1.29, 1.82) is 0 Å². The summed E-state index contributed by atoms with van der Waals surface area (Å²) in [4.78, 5) is 25.6. The van der Waals surface area contributed by atoms with E-state index < -0.39 is 0 Å². The van der Waals surface area contributed by atoms with Gasteiger partial charge in [0.25, 0.3) is 5.56 Å². The molecule has 0 aliphatic carbocycles. The third-order valence-electron chi connectivity index (χ3n) is 6.30. The summed E-state index contributed by atoms with van der Waals surface area (Å²) in [5, 5.41) is 11.5. The largest absolute Gasteiger partial charge is 0.494 e. The SMILES string of the molecule is CN1CCN(c2ccc(N=Cc3c(O)[nH]c(=O)c4ccc(N5C=CCC5)cc34)cc2F)CC1. The van der Waals surface area contributed by atoms with Crippen molar-refractivity contribution in [1.82, 2.24) is 9.88 Å². The van der Waals surface area contributed by atoms with Gasteiger partial charge < -0.3 is 19.8 Å². The standard InChI is InChI=1S/C25H26FN5O2/c1-29-10-12-31(13-11-29)23-7-4-17(14-22(23)26)27-16-21-20-15-18(30-8-2-3-9-30)5-6-19(20)24(32)28-25(21)33/h2,4-8,14-16H,3,9-13H2,1H3,(H2,28,32,33). The molecule has 8 heteroatoms. The van der Waals surface area contributed by atoms with Gasteiger partial charge in [0.05, 0.1) is 16.9 Å². The van der Waals surface area contributed by atoms with Crippen LogP contribution in [0.25, 0.3) is 10.8 Å². The monoisotopic (exact) mass is 447 g/mol. The zero-order valence-corrected chi connectivity index (χ0v) is 18.5. The Balaban J connectivity index is 1.47. The molecular formula is C25H26FN5O2. The molecule has 0 unspecified atom stereocenters. The van der Waals surface area contributed by atoms with E-state index >= 15 is 0 Å². The lowest BCUT2D eigenvalue weighted by Gasteiger charge is -2.34. The number of hydrogen-bond donors (Lipinski definition) is 2. The molecule has 2 aliphatic rings. The number of aromatic nitrogens is 1. The lowest BCUT2D eigenvalue weighted by molar-refractivity contribution is 0.311. The fourth-order valence-electron chi connectivity index (χ4n) is 4.36. The maximum atomic E-state index is 14.8. The number of aromatic hydroxyl groups is 1. The summed E-state index contributed by atoms with van der Waals surface area (Å²) in [5.41, 5.74) is 1.95. The number of H-pyrrole nitrogens is 1. The average Bonchev–Trinajstić information content (AvgIpc) is 3.34. The molecule has 1 fully saturated rings. The minimum absolute atomic E-state index is 0.264. The number of piperazine rings is 1. The normalized spacial score (nSPS) is 17.0. The van der Waals surface area contributed by atoms with E-state index in [9.17, 15) is 14.3 Å². The minimum Gasteiger partial charge on any atom is -0.494 e. The first-order valence-electron chi connectivity index (χ1n) is 11.1. The number of aromatic amines is 1. The van der Waals surface area contributed by atoms with Gasteiger partial charge in [-0.2, -0.15) is 0 Å². The molecule has 170 valence electrons. The van der Waals surface area contributed by atoms with E-state index in [1.54, 1.807) is 18.2 Å². The molecule has 0 atom stereocenters. The van der Waals surface area contributed by atoms with Crippen LogP contribution < -0.4 is 15.4 Å². The molecule has 7 nitrogen and oxygen atoms in total. The van der Waals surface area contributed by atoms with Crippen molar-refractivity contribution in [2.45, 2.75) is 6.42 Å². The lowest BCUT2D eigenvalue weighted by atomic mass is 10.1. The molecule has 1 saturated heterocycles. The number of nitrogens with zero attached hydrogens (tertiary/aromatic N) is 4. The van der Waals surface area contributed by atoms with E-state index in [2.05, 4.69) is 32.9 Å². The van der Waals surface area contributed by atoms with Crippen LogP contribution >= 0.6 is 0 Å². The van der Waals surface area contributed by atoms with E-state index in [0.29, 0.717) is 27.7 Å². The van der Waals surface area contributed by atoms with Crippen LogP contribution in [0.15, 0.2) is 58.5 Å². The first-order valence-corrected chi connectivity index (χ1v) is 11.1. The molecule has 2 aliphatic heterocycles. The van der Waals surface area contributed by atoms with Crippen LogP contribution in [0.2, 0.25) is 0 Å². The highest BCUT2D eigenvalue weighted by atomic mass is 19.1. The number of pyridine rings is 1. The third kappa shape index (κ3) is 4.21. The van der Waals surface area contributed by atoms with Crippen LogP contribution in [0.5, 0.6) is 5.88 Å². The van der Waals surface area contributed by atoms with Gasteiger partial charge in [-0.3, -0.25) is 14.8 Å². The van der Waals surface area contributed by atoms with Gasteiger partial charge in [0.15, 0.2) is 0 Å². The predicted molar refractivity (Wildman–Crippen MR) is 131 cm³/mol. The zero-order valence-electron chi connectivity index (χ0n) is 18.5. The number of hydrogen-bond acceptors (Lipinski definition) is 6. The summed E-state index contributed by atoms with van der Waals surface area (Å²) in [6.07, 6.45) is 6.53. The smallest absolute Gasteiger partial charge is 0.258 e. The fraction of sp³-hybridized carbons (Fsp3) is 0.280. The predicted octanol–water partition coefficient (Wildman–Crippen LogP) is 3.60. The number of likely N-dealkylation sites (N-methyl/N-ethyl adjacent to an activating group) is 1. The van der Waals surface area contributed by atoms with E-state index in [0.717, 1.165) is 44.8 Å². The van der Waals surface area contributed by atoms with Crippen LogP contribution in [0, 0.1) is 5.82 Å². The van der Waals surface area contributed by atoms with Crippen LogP contribution in [0.1, 0.15) is 12.0 Å². The second-order valence-electron chi connectivity index (χ2n) is 8.50. The average molecular weight is 448 g/mol. The van der Waals surface area contributed by atoms with Gasteiger partial charge in [0.2, 0.25) is 5.88 Å². The first-order chi connectivity index (χ1) is 16.0. The molecule has 2 aromatic carbocycles. The summed E-state index contributed by atoms with van der Waals surface area (Å²) in [7, 11) is 2.06. The molecule has 0 radical (unpaired) electrons. The van der Waals surface area contributed by atoms with Gasteiger partial charge >= 0.3 is 0 Å². The van der Waals surface area contributed by atoms with Gasteiger partial charge in [-0.25, -0.2) is 4.39 Å². The summed E-state index contributed by atoms with van der Waals surface area (Å²) in [5.74, 6) is -0.590. The first kappa shape index (κ1) is 21.2. The fourth-order valence-corrected chi connectivity index (χ4v) is 4.36. The van der Waals surface area contributed by atoms with Crippen molar-refractivity contribution in [3.05, 3.63) is 70.4 Å². The zero-order chi connectivity index (χ0) is 22.9. The Labute approximate surface area is 191 Å². The Bertz CT molecular complexity index is 1310. The molecule has 0 bridgehead atoms. The Morgan fingerprint density at radius 3 is 2.61 bits per heavy atom. The summed E-state index contributed by atoms with van der Waals surface area (Å²) >= 11 is 0. The topological polar surface area (TPSA) is 75.2 Å². The summed E-state index contributed by atoms with van der Waals surface area (Å²) < 4.78 is 14.8. The number of halogens is 1. The summed E-state index contributed by atoms with van der Waals surface area (Å²) in [6, 6.07) is 10.4. The van der Waals surface area contributed by atoms with E-state index in [1.807, 2.05) is 23.2 Å². The van der Waals surface area contributed by atoms with Crippen LogP contribution in [-0.2, 0) is 0 Å². The van der Waals surface area contributed by atoms with Crippen LogP contribution in [0.3, 0.4) is 0 Å². The van der Waals surface area contributed by atoms with Crippen molar-refractivity contribution < 1.29 is 9.50 Å².